The first-order chi connectivity index (χ1) is 7.98. The maximum Gasteiger partial charge on any atom is 0.0737 e. The third kappa shape index (κ3) is 3.21. The van der Waals surface area contributed by atoms with Gasteiger partial charge in [0.15, 0.2) is 0 Å². The van der Waals surface area contributed by atoms with Crippen molar-refractivity contribution in [1.29, 1.82) is 0 Å². The molecule has 0 saturated carbocycles. The number of aliphatic hydroxyl groups is 1. The first kappa shape index (κ1) is 12.9. The Kier molecular flexibility index (Phi) is 3.76. The highest BCUT2D eigenvalue weighted by molar-refractivity contribution is 6.31. The van der Waals surface area contributed by atoms with Gasteiger partial charge in [0.05, 0.1) is 17.8 Å². The van der Waals surface area contributed by atoms with E-state index < -0.39 is 5.60 Å². The van der Waals surface area contributed by atoms with E-state index >= 15 is 0 Å². The van der Waals surface area contributed by atoms with Gasteiger partial charge in [-0.2, -0.15) is 0 Å². The zero-order valence-electron chi connectivity index (χ0n) is 10.3. The molecule has 2 unspecified atom stereocenters. The molecule has 1 aromatic carbocycles. The van der Waals surface area contributed by atoms with E-state index in [4.69, 9.17) is 16.3 Å². The second kappa shape index (κ2) is 4.97. The van der Waals surface area contributed by atoms with E-state index in [0.29, 0.717) is 19.3 Å². The molecular weight excluding hydrogens is 236 g/mol. The second-order valence-electron chi connectivity index (χ2n) is 5.16. The van der Waals surface area contributed by atoms with Crippen LogP contribution >= 0.6 is 11.6 Å². The van der Waals surface area contributed by atoms with Crippen molar-refractivity contribution in [2.75, 3.05) is 0 Å². The number of hydrogen-bond acceptors (Lipinski definition) is 2. The Labute approximate surface area is 108 Å². The van der Waals surface area contributed by atoms with Crippen LogP contribution in [0.2, 0.25) is 5.02 Å². The summed E-state index contributed by atoms with van der Waals surface area (Å²) >= 11 is 6.14. The molecule has 0 aliphatic carbocycles. The molecule has 1 saturated heterocycles. The predicted octanol–water partition coefficient (Wildman–Crippen LogP) is 3.20. The van der Waals surface area contributed by atoms with Gasteiger partial charge < -0.3 is 9.84 Å². The van der Waals surface area contributed by atoms with Crippen LogP contribution in [-0.2, 0) is 11.2 Å². The topological polar surface area (TPSA) is 29.5 Å². The lowest BCUT2D eigenvalue weighted by atomic mass is 9.82. The molecule has 0 bridgehead atoms. The molecule has 2 nitrogen and oxygen atoms in total. The molecule has 0 amide bonds. The van der Waals surface area contributed by atoms with Crippen molar-refractivity contribution in [3.05, 3.63) is 34.9 Å². The standard InChI is InChI=1S/C14H19ClO2/c1-10-7-14(16,8-11(2)17-10)9-12-5-3-4-6-13(12)15/h3-6,10-11,16H,7-9H2,1-2H3. The van der Waals surface area contributed by atoms with Crippen LogP contribution in [0.3, 0.4) is 0 Å². The van der Waals surface area contributed by atoms with E-state index in [0.717, 1.165) is 10.6 Å². The van der Waals surface area contributed by atoms with Crippen LogP contribution < -0.4 is 0 Å². The fourth-order valence-corrected chi connectivity index (χ4v) is 2.99. The summed E-state index contributed by atoms with van der Waals surface area (Å²) in [6.07, 6.45) is 2.15. The molecule has 0 spiro atoms. The minimum atomic E-state index is -0.692. The van der Waals surface area contributed by atoms with Crippen molar-refractivity contribution in [2.45, 2.75) is 50.9 Å². The van der Waals surface area contributed by atoms with Crippen LogP contribution in [0.4, 0.5) is 0 Å². The number of ether oxygens (including phenoxy) is 1. The normalized spacial score (nSPS) is 33.6. The van der Waals surface area contributed by atoms with Crippen LogP contribution in [0, 0.1) is 0 Å². The molecule has 1 aliphatic rings. The van der Waals surface area contributed by atoms with Gasteiger partial charge in [-0.3, -0.25) is 0 Å². The maximum absolute atomic E-state index is 10.7. The first-order valence-corrected chi connectivity index (χ1v) is 6.47. The summed E-state index contributed by atoms with van der Waals surface area (Å²) in [5.41, 5.74) is 0.320. The Bertz CT molecular complexity index is 382. The van der Waals surface area contributed by atoms with Crippen LogP contribution in [0.1, 0.15) is 32.3 Å². The van der Waals surface area contributed by atoms with Crippen LogP contribution in [0.15, 0.2) is 24.3 Å². The van der Waals surface area contributed by atoms with Gasteiger partial charge in [0.25, 0.3) is 0 Å². The lowest BCUT2D eigenvalue weighted by Gasteiger charge is -2.39. The Balaban J connectivity index is 2.14. The Morgan fingerprint density at radius 2 is 1.88 bits per heavy atom. The molecule has 94 valence electrons. The molecule has 3 heteroatoms. The molecule has 2 rings (SSSR count). The summed E-state index contributed by atoms with van der Waals surface area (Å²) in [4.78, 5) is 0. The second-order valence-corrected chi connectivity index (χ2v) is 5.57. The van der Waals surface area contributed by atoms with Gasteiger partial charge in [-0.25, -0.2) is 0 Å². The van der Waals surface area contributed by atoms with Crippen LogP contribution in [0.25, 0.3) is 0 Å². The van der Waals surface area contributed by atoms with Crippen molar-refractivity contribution in [3.8, 4) is 0 Å². The minimum absolute atomic E-state index is 0.103. The highest BCUT2D eigenvalue weighted by Crippen LogP contribution is 2.33. The van der Waals surface area contributed by atoms with E-state index in [2.05, 4.69) is 0 Å². The molecule has 1 aromatic rings. The molecule has 1 heterocycles. The summed E-state index contributed by atoms with van der Waals surface area (Å²) in [7, 11) is 0. The number of benzene rings is 1. The van der Waals surface area contributed by atoms with E-state index in [9.17, 15) is 5.11 Å². The molecular formula is C14H19ClO2. The SMILES string of the molecule is CC1CC(O)(Cc2ccccc2Cl)CC(C)O1. The summed E-state index contributed by atoms with van der Waals surface area (Å²) < 4.78 is 5.66. The molecule has 1 fully saturated rings. The summed E-state index contributed by atoms with van der Waals surface area (Å²) in [6, 6.07) is 7.71. The van der Waals surface area contributed by atoms with Crippen molar-refractivity contribution < 1.29 is 9.84 Å². The van der Waals surface area contributed by atoms with Crippen molar-refractivity contribution in [3.63, 3.8) is 0 Å². The zero-order chi connectivity index (χ0) is 12.5. The van der Waals surface area contributed by atoms with Gasteiger partial charge in [0, 0.05) is 24.3 Å². The van der Waals surface area contributed by atoms with Crippen molar-refractivity contribution >= 4 is 11.6 Å². The first-order valence-electron chi connectivity index (χ1n) is 6.10. The highest BCUT2D eigenvalue weighted by atomic mass is 35.5. The molecule has 1 aliphatic heterocycles. The maximum atomic E-state index is 10.7. The lowest BCUT2D eigenvalue weighted by molar-refractivity contribution is -0.130. The average Bonchev–Trinajstić information content (AvgIpc) is 2.19. The van der Waals surface area contributed by atoms with E-state index in [1.54, 1.807) is 0 Å². The predicted molar refractivity (Wildman–Crippen MR) is 69.3 cm³/mol. The molecule has 0 radical (unpaired) electrons. The Morgan fingerprint density at radius 1 is 1.29 bits per heavy atom. The summed E-state index contributed by atoms with van der Waals surface area (Å²) in [6.45, 7) is 4.01. The highest BCUT2D eigenvalue weighted by Gasteiger charge is 2.37. The van der Waals surface area contributed by atoms with Gasteiger partial charge in [0.2, 0.25) is 0 Å². The monoisotopic (exact) mass is 254 g/mol. The minimum Gasteiger partial charge on any atom is -0.389 e. The largest absolute Gasteiger partial charge is 0.389 e. The van der Waals surface area contributed by atoms with E-state index in [1.807, 2.05) is 38.1 Å². The van der Waals surface area contributed by atoms with Gasteiger partial charge in [-0.1, -0.05) is 29.8 Å². The fourth-order valence-electron chi connectivity index (χ4n) is 2.79. The van der Waals surface area contributed by atoms with Crippen molar-refractivity contribution in [1.82, 2.24) is 0 Å². The van der Waals surface area contributed by atoms with E-state index in [1.165, 1.54) is 0 Å². The lowest BCUT2D eigenvalue weighted by Crippen LogP contribution is -2.44. The molecule has 0 aromatic heterocycles. The third-order valence-electron chi connectivity index (χ3n) is 3.28. The van der Waals surface area contributed by atoms with E-state index in [-0.39, 0.29) is 12.2 Å². The number of rotatable bonds is 2. The Hall–Kier alpha value is -0.570. The smallest absolute Gasteiger partial charge is 0.0737 e. The third-order valence-corrected chi connectivity index (χ3v) is 3.65. The van der Waals surface area contributed by atoms with Crippen LogP contribution in [-0.4, -0.2) is 22.9 Å². The van der Waals surface area contributed by atoms with Gasteiger partial charge in [0.1, 0.15) is 0 Å². The van der Waals surface area contributed by atoms with Gasteiger partial charge >= 0.3 is 0 Å². The van der Waals surface area contributed by atoms with Crippen LogP contribution in [0.5, 0.6) is 0 Å². The quantitative estimate of drug-likeness (QED) is 0.878. The Morgan fingerprint density at radius 3 is 2.47 bits per heavy atom. The fraction of sp³-hybridized carbons (Fsp3) is 0.571. The zero-order valence-corrected chi connectivity index (χ0v) is 11.1. The average molecular weight is 255 g/mol. The summed E-state index contributed by atoms with van der Waals surface area (Å²) in [5.74, 6) is 0. The van der Waals surface area contributed by atoms with Gasteiger partial charge in [-0.05, 0) is 25.5 Å². The van der Waals surface area contributed by atoms with Gasteiger partial charge in [-0.15, -0.1) is 0 Å². The van der Waals surface area contributed by atoms with Crippen molar-refractivity contribution in [2.24, 2.45) is 0 Å². The molecule has 1 N–H and O–H groups in total. The number of hydrogen-bond donors (Lipinski definition) is 1. The molecule has 2 atom stereocenters. The summed E-state index contributed by atoms with van der Waals surface area (Å²) in [5, 5.41) is 11.4. The number of halogens is 1. The molecule has 17 heavy (non-hydrogen) atoms.